The van der Waals surface area contributed by atoms with Crippen molar-refractivity contribution >= 4 is 17.3 Å². The second-order valence-electron chi connectivity index (χ2n) is 4.66. The fourth-order valence-electron chi connectivity index (χ4n) is 2.21. The van der Waals surface area contributed by atoms with Gasteiger partial charge in [0.15, 0.2) is 11.5 Å². The Balaban J connectivity index is 1.94. The lowest BCUT2D eigenvalue weighted by Crippen LogP contribution is -2.05. The van der Waals surface area contributed by atoms with Gasteiger partial charge in [-0.3, -0.25) is 0 Å². The Morgan fingerprint density at radius 2 is 1.95 bits per heavy atom. The molecule has 2 heterocycles. The van der Waals surface area contributed by atoms with Crippen LogP contribution in [0.4, 0.5) is 0 Å². The molecule has 1 aromatic carbocycles. The van der Waals surface area contributed by atoms with Gasteiger partial charge in [0.05, 0.1) is 23.7 Å². The highest BCUT2D eigenvalue weighted by molar-refractivity contribution is 7.10. The number of carboxylic acid groups (broad SMARTS) is 1. The Morgan fingerprint density at radius 3 is 2.71 bits per heavy atom. The van der Waals surface area contributed by atoms with Crippen LogP contribution in [0.3, 0.4) is 0 Å². The first-order valence-corrected chi connectivity index (χ1v) is 7.43. The van der Waals surface area contributed by atoms with Crippen LogP contribution < -0.4 is 9.47 Å². The Hall–Kier alpha value is -2.05. The van der Waals surface area contributed by atoms with E-state index < -0.39 is 12.1 Å². The molecule has 1 aromatic heterocycles. The molecule has 2 aromatic rings. The van der Waals surface area contributed by atoms with E-state index in [0.29, 0.717) is 35.2 Å². The highest BCUT2D eigenvalue weighted by Gasteiger charge is 2.22. The molecule has 0 fully saturated rings. The molecule has 0 saturated heterocycles. The number of hydrogen-bond acceptors (Lipinski definition) is 5. The van der Waals surface area contributed by atoms with Gasteiger partial charge < -0.3 is 19.7 Å². The highest BCUT2D eigenvalue weighted by Crippen LogP contribution is 2.36. The normalized spacial score (nSPS) is 15.3. The minimum Gasteiger partial charge on any atom is -0.490 e. The molecule has 1 unspecified atom stereocenters. The van der Waals surface area contributed by atoms with E-state index in [0.717, 1.165) is 6.42 Å². The van der Waals surface area contributed by atoms with E-state index in [-0.39, 0.29) is 5.56 Å². The van der Waals surface area contributed by atoms with Gasteiger partial charge in [0.1, 0.15) is 6.10 Å². The third kappa shape index (κ3) is 2.72. The van der Waals surface area contributed by atoms with Crippen LogP contribution in [0.25, 0.3) is 0 Å². The van der Waals surface area contributed by atoms with Crippen molar-refractivity contribution in [3.63, 3.8) is 0 Å². The summed E-state index contributed by atoms with van der Waals surface area (Å²) in [6.07, 6.45) is -0.186. The van der Waals surface area contributed by atoms with Crippen molar-refractivity contribution in [2.45, 2.75) is 12.5 Å². The third-order valence-corrected chi connectivity index (χ3v) is 4.23. The summed E-state index contributed by atoms with van der Waals surface area (Å²) < 4.78 is 11.1. The van der Waals surface area contributed by atoms with Crippen LogP contribution in [0, 0.1) is 0 Å². The lowest BCUT2D eigenvalue weighted by molar-refractivity contribution is 0.0692. The van der Waals surface area contributed by atoms with Crippen LogP contribution in [0.15, 0.2) is 29.6 Å². The zero-order chi connectivity index (χ0) is 14.8. The number of fused-ring (bicyclic) bond motifs is 1. The number of thiophene rings is 1. The standard InChI is InChI=1S/C15H14O5S/c16-13(14-10(15(17)18)4-7-21-14)9-2-3-11-12(8-9)20-6-1-5-19-11/h2-4,7-8,13,16H,1,5-6H2,(H,17,18). The Bertz CT molecular complexity index is 664. The van der Waals surface area contributed by atoms with Gasteiger partial charge in [0.2, 0.25) is 0 Å². The number of ether oxygens (including phenoxy) is 2. The topological polar surface area (TPSA) is 76.0 Å². The molecule has 0 amide bonds. The molecule has 3 rings (SSSR count). The Kier molecular flexibility index (Phi) is 3.81. The molecule has 0 radical (unpaired) electrons. The van der Waals surface area contributed by atoms with Gasteiger partial charge in [-0.05, 0) is 29.1 Å². The lowest BCUT2D eigenvalue weighted by atomic mass is 10.0. The zero-order valence-electron chi connectivity index (χ0n) is 11.1. The SMILES string of the molecule is O=C(O)c1ccsc1C(O)c1ccc2c(c1)OCCCO2. The van der Waals surface area contributed by atoms with Crippen molar-refractivity contribution < 1.29 is 24.5 Å². The van der Waals surface area contributed by atoms with Crippen molar-refractivity contribution in [1.29, 1.82) is 0 Å². The first-order chi connectivity index (χ1) is 10.2. The van der Waals surface area contributed by atoms with E-state index in [4.69, 9.17) is 14.6 Å². The number of aromatic carboxylic acids is 1. The van der Waals surface area contributed by atoms with Crippen molar-refractivity contribution in [3.05, 3.63) is 45.6 Å². The first kappa shape index (κ1) is 13.9. The van der Waals surface area contributed by atoms with Gasteiger partial charge in [-0.25, -0.2) is 4.79 Å². The molecule has 21 heavy (non-hydrogen) atoms. The maximum atomic E-state index is 11.1. The maximum absolute atomic E-state index is 11.1. The average Bonchev–Trinajstić information content (AvgIpc) is 2.85. The summed E-state index contributed by atoms with van der Waals surface area (Å²) in [4.78, 5) is 11.6. The predicted octanol–water partition coefficient (Wildman–Crippen LogP) is 2.69. The van der Waals surface area contributed by atoms with Gasteiger partial charge in [-0.1, -0.05) is 6.07 Å². The minimum absolute atomic E-state index is 0.125. The van der Waals surface area contributed by atoms with Crippen LogP contribution >= 0.6 is 11.3 Å². The van der Waals surface area contributed by atoms with Crippen LogP contribution in [0.1, 0.15) is 33.3 Å². The summed E-state index contributed by atoms with van der Waals surface area (Å²) in [5.74, 6) is 0.185. The Labute approximate surface area is 125 Å². The number of carboxylic acids is 1. The van der Waals surface area contributed by atoms with Gasteiger partial charge >= 0.3 is 5.97 Å². The molecule has 0 aliphatic carbocycles. The molecular weight excluding hydrogens is 292 g/mol. The molecule has 5 nitrogen and oxygen atoms in total. The largest absolute Gasteiger partial charge is 0.490 e. The maximum Gasteiger partial charge on any atom is 0.336 e. The zero-order valence-corrected chi connectivity index (χ0v) is 11.9. The fourth-order valence-corrected chi connectivity index (χ4v) is 3.11. The molecule has 110 valence electrons. The average molecular weight is 306 g/mol. The van der Waals surface area contributed by atoms with E-state index in [1.807, 2.05) is 0 Å². The predicted molar refractivity (Wildman–Crippen MR) is 77.4 cm³/mol. The van der Waals surface area contributed by atoms with E-state index in [9.17, 15) is 9.90 Å². The number of rotatable bonds is 3. The molecule has 0 spiro atoms. The van der Waals surface area contributed by atoms with E-state index in [2.05, 4.69) is 0 Å². The van der Waals surface area contributed by atoms with E-state index >= 15 is 0 Å². The van der Waals surface area contributed by atoms with Crippen molar-refractivity contribution in [3.8, 4) is 11.5 Å². The number of aliphatic hydroxyl groups is 1. The third-order valence-electron chi connectivity index (χ3n) is 3.26. The molecule has 6 heteroatoms. The van der Waals surface area contributed by atoms with Gasteiger partial charge in [0.25, 0.3) is 0 Å². The fraction of sp³-hybridized carbons (Fsp3) is 0.267. The van der Waals surface area contributed by atoms with Crippen molar-refractivity contribution in [1.82, 2.24) is 0 Å². The van der Waals surface area contributed by atoms with Gasteiger partial charge in [-0.15, -0.1) is 11.3 Å². The van der Waals surface area contributed by atoms with E-state index in [1.165, 1.54) is 17.4 Å². The summed E-state index contributed by atoms with van der Waals surface area (Å²) in [7, 11) is 0. The Morgan fingerprint density at radius 1 is 1.19 bits per heavy atom. The first-order valence-electron chi connectivity index (χ1n) is 6.55. The minimum atomic E-state index is -1.04. The molecular formula is C15H14O5S. The molecule has 0 bridgehead atoms. The van der Waals surface area contributed by atoms with Crippen LogP contribution in [-0.2, 0) is 0 Å². The smallest absolute Gasteiger partial charge is 0.336 e. The number of benzene rings is 1. The van der Waals surface area contributed by atoms with Gasteiger partial charge in [-0.2, -0.15) is 0 Å². The van der Waals surface area contributed by atoms with Crippen LogP contribution in [0.5, 0.6) is 11.5 Å². The number of aliphatic hydroxyl groups excluding tert-OH is 1. The molecule has 1 atom stereocenters. The second-order valence-corrected chi connectivity index (χ2v) is 5.61. The summed E-state index contributed by atoms with van der Waals surface area (Å²) in [6, 6.07) is 6.67. The molecule has 1 aliphatic rings. The van der Waals surface area contributed by atoms with Crippen LogP contribution in [0.2, 0.25) is 0 Å². The van der Waals surface area contributed by atoms with Crippen molar-refractivity contribution in [2.24, 2.45) is 0 Å². The van der Waals surface area contributed by atoms with Gasteiger partial charge in [0, 0.05) is 6.42 Å². The lowest BCUT2D eigenvalue weighted by Gasteiger charge is -2.14. The van der Waals surface area contributed by atoms with Crippen molar-refractivity contribution in [2.75, 3.05) is 13.2 Å². The summed E-state index contributed by atoms with van der Waals surface area (Å²) in [5, 5.41) is 21.2. The second kappa shape index (κ2) is 5.75. The van der Waals surface area contributed by atoms with Crippen LogP contribution in [-0.4, -0.2) is 29.4 Å². The monoisotopic (exact) mass is 306 g/mol. The quantitative estimate of drug-likeness (QED) is 0.912. The van der Waals surface area contributed by atoms with E-state index in [1.54, 1.807) is 23.6 Å². The summed E-state index contributed by atoms with van der Waals surface area (Å²) in [6.45, 7) is 1.16. The summed E-state index contributed by atoms with van der Waals surface area (Å²) >= 11 is 1.22. The number of hydrogen-bond donors (Lipinski definition) is 2. The summed E-state index contributed by atoms with van der Waals surface area (Å²) in [5.41, 5.74) is 0.712. The molecule has 2 N–H and O–H groups in total. The number of carbonyl (C=O) groups is 1. The molecule has 0 saturated carbocycles. The molecule has 1 aliphatic heterocycles. The highest BCUT2D eigenvalue weighted by atomic mass is 32.1.